The predicted octanol–water partition coefficient (Wildman–Crippen LogP) is 5.79. The molecule has 4 rings (SSSR count). The molecule has 2 bridgehead atoms. The third-order valence-electron chi connectivity index (χ3n) is 10.5. The highest BCUT2D eigenvalue weighted by atomic mass is 16.7. The first-order valence-corrected chi connectivity index (χ1v) is 12.6. The van der Waals surface area contributed by atoms with Gasteiger partial charge in [0, 0.05) is 31.0 Å². The standard InChI is InChI=1S/C27H44O4/c1-18-12-14-27-15-13-21(30-6)23(27)26(18,4)22(31-17-29-5)16-25(3,24(28)19(27)2)20-10-8-7-9-11-20/h8,10,18-23H,7,9,11-17H2,1-6H3/t18-,19+,20?,21-,22-,23?,25+,26+,27?/m1/s1. The van der Waals surface area contributed by atoms with E-state index in [0.717, 1.165) is 44.9 Å². The van der Waals surface area contributed by atoms with Crippen LogP contribution in [0.2, 0.25) is 0 Å². The SMILES string of the molecule is COCO[C@@H]1C[C@@](C)(C2C=CCCC2)C(=O)[C@H](C)C23CC[C@@H](C)[C@]1(C)C2[C@H](OC)CC3. The number of hydrogen-bond donors (Lipinski definition) is 0. The summed E-state index contributed by atoms with van der Waals surface area (Å²) in [5, 5.41) is 0. The van der Waals surface area contributed by atoms with Crippen molar-refractivity contribution < 1.29 is 19.0 Å². The van der Waals surface area contributed by atoms with Crippen LogP contribution in [0.15, 0.2) is 12.2 Å². The number of Topliss-reactive ketones (excluding diaryl/α,β-unsaturated/α-hetero) is 1. The Morgan fingerprint density at radius 3 is 2.48 bits per heavy atom. The van der Waals surface area contributed by atoms with E-state index in [2.05, 4.69) is 39.8 Å². The van der Waals surface area contributed by atoms with Crippen molar-refractivity contribution in [3.63, 3.8) is 0 Å². The Hall–Kier alpha value is -0.710. The van der Waals surface area contributed by atoms with E-state index in [1.54, 1.807) is 7.11 Å². The fourth-order valence-electron chi connectivity index (χ4n) is 8.51. The van der Waals surface area contributed by atoms with Crippen LogP contribution in [0.5, 0.6) is 0 Å². The Balaban J connectivity index is 1.87. The molecule has 0 spiro atoms. The fraction of sp³-hybridized carbons (Fsp3) is 0.889. The van der Waals surface area contributed by atoms with E-state index in [-0.39, 0.29) is 35.7 Å². The van der Waals surface area contributed by atoms with Crippen LogP contribution in [-0.4, -0.2) is 39.0 Å². The van der Waals surface area contributed by atoms with Crippen LogP contribution in [0.25, 0.3) is 0 Å². The molecule has 0 saturated heterocycles. The summed E-state index contributed by atoms with van der Waals surface area (Å²) in [6.07, 6.45) is 13.5. The lowest BCUT2D eigenvalue weighted by molar-refractivity contribution is -0.222. The molecule has 3 fully saturated rings. The molecule has 0 heterocycles. The number of methoxy groups -OCH3 is 2. The van der Waals surface area contributed by atoms with Gasteiger partial charge >= 0.3 is 0 Å². The molecule has 4 aliphatic carbocycles. The summed E-state index contributed by atoms with van der Waals surface area (Å²) in [5.41, 5.74) is -0.410. The molecule has 3 unspecified atom stereocenters. The molecule has 4 nitrogen and oxygen atoms in total. The minimum absolute atomic E-state index is 0.0142. The monoisotopic (exact) mass is 432 g/mol. The summed E-state index contributed by atoms with van der Waals surface area (Å²) in [6, 6.07) is 0. The highest BCUT2D eigenvalue weighted by molar-refractivity contribution is 5.88. The summed E-state index contributed by atoms with van der Waals surface area (Å²) in [6.45, 7) is 9.64. The van der Waals surface area contributed by atoms with Crippen LogP contribution in [0.1, 0.15) is 79.1 Å². The molecule has 0 aromatic rings. The largest absolute Gasteiger partial charge is 0.381 e. The van der Waals surface area contributed by atoms with Gasteiger partial charge in [-0.3, -0.25) is 4.79 Å². The van der Waals surface area contributed by atoms with Crippen molar-refractivity contribution in [3.05, 3.63) is 12.2 Å². The Bertz CT molecular complexity index is 703. The van der Waals surface area contributed by atoms with E-state index >= 15 is 0 Å². The second-order valence-electron chi connectivity index (χ2n) is 11.6. The van der Waals surface area contributed by atoms with Gasteiger partial charge < -0.3 is 14.2 Å². The number of allylic oxidation sites excluding steroid dienone is 2. The summed E-state index contributed by atoms with van der Waals surface area (Å²) < 4.78 is 18.1. The maximum Gasteiger partial charge on any atom is 0.146 e. The van der Waals surface area contributed by atoms with E-state index in [4.69, 9.17) is 14.2 Å². The molecule has 9 atom stereocenters. The van der Waals surface area contributed by atoms with Gasteiger partial charge in [0.1, 0.15) is 12.6 Å². The van der Waals surface area contributed by atoms with Crippen LogP contribution < -0.4 is 0 Å². The molecule has 176 valence electrons. The van der Waals surface area contributed by atoms with Gasteiger partial charge in [0.15, 0.2) is 0 Å². The quantitative estimate of drug-likeness (QED) is 0.407. The predicted molar refractivity (Wildman–Crippen MR) is 123 cm³/mol. The first-order valence-electron chi connectivity index (χ1n) is 12.6. The lowest BCUT2D eigenvalue weighted by Gasteiger charge is -2.62. The van der Waals surface area contributed by atoms with Gasteiger partial charge in [-0.25, -0.2) is 0 Å². The number of ketones is 1. The zero-order valence-corrected chi connectivity index (χ0v) is 20.6. The highest BCUT2D eigenvalue weighted by Crippen LogP contribution is 2.69. The second-order valence-corrected chi connectivity index (χ2v) is 11.6. The van der Waals surface area contributed by atoms with Gasteiger partial charge in [0.25, 0.3) is 0 Å². The molecule has 0 aliphatic heterocycles. The fourth-order valence-corrected chi connectivity index (χ4v) is 8.51. The van der Waals surface area contributed by atoms with Crippen molar-refractivity contribution in [3.8, 4) is 0 Å². The topological polar surface area (TPSA) is 44.8 Å². The van der Waals surface area contributed by atoms with Gasteiger partial charge in [-0.05, 0) is 74.5 Å². The highest BCUT2D eigenvalue weighted by Gasteiger charge is 2.68. The van der Waals surface area contributed by atoms with Gasteiger partial charge in [-0.15, -0.1) is 0 Å². The van der Waals surface area contributed by atoms with Crippen molar-refractivity contribution in [2.24, 2.45) is 39.9 Å². The van der Waals surface area contributed by atoms with E-state index in [1.165, 1.54) is 6.42 Å². The van der Waals surface area contributed by atoms with Crippen molar-refractivity contribution >= 4 is 5.78 Å². The molecule has 0 radical (unpaired) electrons. The van der Waals surface area contributed by atoms with Gasteiger partial charge in [-0.1, -0.05) is 39.8 Å². The van der Waals surface area contributed by atoms with Crippen LogP contribution in [0.4, 0.5) is 0 Å². The molecule has 0 amide bonds. The van der Waals surface area contributed by atoms with Crippen LogP contribution in [0, 0.1) is 39.9 Å². The lowest BCUT2D eigenvalue weighted by Crippen LogP contribution is -2.63. The Morgan fingerprint density at radius 2 is 1.84 bits per heavy atom. The minimum atomic E-state index is -0.393. The molecule has 4 heteroatoms. The lowest BCUT2D eigenvalue weighted by atomic mass is 9.43. The first kappa shape index (κ1) is 23.4. The smallest absolute Gasteiger partial charge is 0.146 e. The number of carbonyl (C=O) groups excluding carboxylic acids is 1. The van der Waals surface area contributed by atoms with Crippen LogP contribution in [-0.2, 0) is 19.0 Å². The number of hydrogen-bond acceptors (Lipinski definition) is 4. The molecular weight excluding hydrogens is 388 g/mol. The average Bonchev–Trinajstić information content (AvgIpc) is 3.19. The van der Waals surface area contributed by atoms with Crippen LogP contribution in [0.3, 0.4) is 0 Å². The Morgan fingerprint density at radius 1 is 1.10 bits per heavy atom. The van der Waals surface area contributed by atoms with Crippen LogP contribution >= 0.6 is 0 Å². The zero-order chi connectivity index (χ0) is 22.4. The summed E-state index contributed by atoms with van der Waals surface area (Å²) >= 11 is 0. The number of ether oxygens (including phenoxy) is 3. The maximum absolute atomic E-state index is 14.4. The van der Waals surface area contributed by atoms with Crippen molar-refractivity contribution in [2.75, 3.05) is 21.0 Å². The molecule has 4 aliphatic rings. The molecule has 0 aromatic heterocycles. The Labute approximate surface area is 189 Å². The molecule has 0 aromatic carbocycles. The summed E-state index contributed by atoms with van der Waals surface area (Å²) in [5.74, 6) is 1.70. The third-order valence-corrected chi connectivity index (χ3v) is 10.5. The van der Waals surface area contributed by atoms with E-state index < -0.39 is 5.41 Å². The summed E-state index contributed by atoms with van der Waals surface area (Å²) in [4.78, 5) is 14.4. The van der Waals surface area contributed by atoms with E-state index in [1.807, 2.05) is 7.11 Å². The number of rotatable bonds is 5. The average molecular weight is 433 g/mol. The van der Waals surface area contributed by atoms with Crippen molar-refractivity contribution in [1.82, 2.24) is 0 Å². The maximum atomic E-state index is 14.4. The van der Waals surface area contributed by atoms with Gasteiger partial charge in [0.05, 0.1) is 12.2 Å². The Kier molecular flexibility index (Phi) is 6.48. The van der Waals surface area contributed by atoms with Gasteiger partial charge in [0.2, 0.25) is 0 Å². The van der Waals surface area contributed by atoms with E-state index in [0.29, 0.717) is 23.5 Å². The minimum Gasteiger partial charge on any atom is -0.381 e. The van der Waals surface area contributed by atoms with Crippen molar-refractivity contribution in [2.45, 2.75) is 91.3 Å². The normalized spacial score (nSPS) is 50.1. The number of carbonyl (C=O) groups is 1. The third kappa shape index (κ3) is 3.38. The summed E-state index contributed by atoms with van der Waals surface area (Å²) in [7, 11) is 3.56. The molecular formula is C27H44O4. The zero-order valence-electron chi connectivity index (χ0n) is 20.6. The second kappa shape index (κ2) is 8.57. The van der Waals surface area contributed by atoms with E-state index in [9.17, 15) is 4.79 Å². The molecule has 31 heavy (non-hydrogen) atoms. The van der Waals surface area contributed by atoms with Crippen molar-refractivity contribution in [1.29, 1.82) is 0 Å². The first-order chi connectivity index (χ1) is 14.8. The molecule has 3 saturated carbocycles. The van der Waals surface area contributed by atoms with Gasteiger partial charge in [-0.2, -0.15) is 0 Å². The molecule has 0 N–H and O–H groups in total.